The number of methoxy groups -OCH3 is 2. The van der Waals surface area contributed by atoms with Gasteiger partial charge in [0.15, 0.2) is 0 Å². The molecule has 2 aromatic carbocycles. The van der Waals surface area contributed by atoms with E-state index < -0.39 is 0 Å². The second kappa shape index (κ2) is 11.3. The summed E-state index contributed by atoms with van der Waals surface area (Å²) in [5, 5.41) is 2.93. The van der Waals surface area contributed by atoms with Crippen LogP contribution in [0.3, 0.4) is 0 Å². The second-order valence-electron chi connectivity index (χ2n) is 9.16. The number of carbonyl (C=O) groups is 2. The first kappa shape index (κ1) is 23.9. The van der Waals surface area contributed by atoms with Crippen molar-refractivity contribution in [2.45, 2.75) is 38.5 Å². The summed E-state index contributed by atoms with van der Waals surface area (Å²) in [7, 11) is 3.11. The van der Waals surface area contributed by atoms with Gasteiger partial charge in [-0.2, -0.15) is 0 Å². The molecule has 2 aromatic rings. The van der Waals surface area contributed by atoms with Crippen molar-refractivity contribution in [2.75, 3.05) is 50.6 Å². The van der Waals surface area contributed by atoms with Crippen LogP contribution in [0.1, 0.15) is 48.9 Å². The lowest BCUT2D eigenvalue weighted by Crippen LogP contribution is -2.48. The average Bonchev–Trinajstić information content (AvgIpc) is 3.41. The molecule has 0 atom stereocenters. The Hall–Kier alpha value is -3.22. The fourth-order valence-corrected chi connectivity index (χ4v) is 4.90. The molecule has 34 heavy (non-hydrogen) atoms. The Kier molecular flexibility index (Phi) is 7.93. The number of hydrogen-bond acceptors (Lipinski definition) is 5. The summed E-state index contributed by atoms with van der Waals surface area (Å²) in [4.78, 5) is 29.6. The average molecular weight is 466 g/mol. The van der Waals surface area contributed by atoms with Gasteiger partial charge < -0.3 is 24.6 Å². The molecule has 0 spiro atoms. The van der Waals surface area contributed by atoms with Gasteiger partial charge in [0.25, 0.3) is 5.91 Å². The molecule has 0 bridgehead atoms. The van der Waals surface area contributed by atoms with Crippen molar-refractivity contribution in [3.05, 3.63) is 48.0 Å². The van der Waals surface area contributed by atoms with E-state index in [4.69, 9.17) is 9.47 Å². The molecule has 7 heteroatoms. The Balaban J connectivity index is 1.27. The van der Waals surface area contributed by atoms with Gasteiger partial charge in [-0.3, -0.25) is 9.59 Å². The zero-order valence-electron chi connectivity index (χ0n) is 20.2. The number of hydrogen-bond donors (Lipinski definition) is 1. The minimum atomic E-state index is -0.227. The van der Waals surface area contributed by atoms with Gasteiger partial charge in [0.05, 0.1) is 14.2 Å². The molecule has 0 unspecified atom stereocenters. The number of rotatable bonds is 8. The van der Waals surface area contributed by atoms with Crippen molar-refractivity contribution >= 4 is 23.2 Å². The molecular weight excluding hydrogens is 430 g/mol. The van der Waals surface area contributed by atoms with E-state index in [2.05, 4.69) is 10.2 Å². The summed E-state index contributed by atoms with van der Waals surface area (Å²) in [5.74, 6) is 1.97. The zero-order chi connectivity index (χ0) is 23.9. The molecule has 2 fully saturated rings. The highest BCUT2D eigenvalue weighted by atomic mass is 16.5. The first-order valence-corrected chi connectivity index (χ1v) is 12.2. The van der Waals surface area contributed by atoms with Crippen LogP contribution < -0.4 is 19.7 Å². The van der Waals surface area contributed by atoms with Crippen LogP contribution in [0.25, 0.3) is 0 Å². The van der Waals surface area contributed by atoms with Crippen LogP contribution >= 0.6 is 0 Å². The van der Waals surface area contributed by atoms with Gasteiger partial charge >= 0.3 is 0 Å². The lowest BCUT2D eigenvalue weighted by Gasteiger charge is -2.36. The smallest absolute Gasteiger partial charge is 0.255 e. The third kappa shape index (κ3) is 6.01. The summed E-state index contributed by atoms with van der Waals surface area (Å²) in [5.41, 5.74) is 2.28. The lowest BCUT2D eigenvalue weighted by molar-refractivity contribution is -0.131. The van der Waals surface area contributed by atoms with Crippen molar-refractivity contribution < 1.29 is 19.1 Å². The minimum Gasteiger partial charge on any atom is -0.497 e. The van der Waals surface area contributed by atoms with E-state index in [0.717, 1.165) is 49.9 Å². The van der Waals surface area contributed by atoms with Crippen LogP contribution in [-0.2, 0) is 4.79 Å². The number of piperazine rings is 1. The molecule has 4 rings (SSSR count). The largest absolute Gasteiger partial charge is 0.497 e. The molecule has 2 aliphatic rings. The van der Waals surface area contributed by atoms with E-state index in [1.54, 1.807) is 32.4 Å². The number of ether oxygens (including phenoxy) is 2. The third-order valence-electron chi connectivity index (χ3n) is 6.98. The fraction of sp³-hybridized carbons (Fsp3) is 0.481. The van der Waals surface area contributed by atoms with Crippen molar-refractivity contribution in [1.29, 1.82) is 0 Å². The quantitative estimate of drug-likeness (QED) is 0.618. The van der Waals surface area contributed by atoms with Gasteiger partial charge in [-0.05, 0) is 48.7 Å². The number of nitrogens with one attached hydrogen (secondary N) is 1. The molecule has 7 nitrogen and oxygen atoms in total. The summed E-state index contributed by atoms with van der Waals surface area (Å²) in [6, 6.07) is 12.9. The van der Waals surface area contributed by atoms with E-state index in [1.165, 1.54) is 25.7 Å². The molecule has 1 aliphatic heterocycles. The third-order valence-corrected chi connectivity index (χ3v) is 6.98. The molecule has 2 amide bonds. The molecule has 1 aliphatic carbocycles. The lowest BCUT2D eigenvalue weighted by atomic mass is 10.0. The first-order chi connectivity index (χ1) is 16.6. The maximum Gasteiger partial charge on any atom is 0.255 e. The van der Waals surface area contributed by atoms with Gasteiger partial charge in [0.1, 0.15) is 11.5 Å². The highest BCUT2D eigenvalue weighted by Gasteiger charge is 2.23. The normalized spacial score (nSPS) is 16.4. The fourth-order valence-electron chi connectivity index (χ4n) is 4.90. The summed E-state index contributed by atoms with van der Waals surface area (Å²) in [6.45, 7) is 3.17. The Morgan fingerprint density at radius 1 is 0.912 bits per heavy atom. The number of benzene rings is 2. The number of anilines is 2. The molecule has 0 radical (unpaired) electrons. The highest BCUT2D eigenvalue weighted by molar-refractivity contribution is 6.04. The maximum atomic E-state index is 12.7. The zero-order valence-corrected chi connectivity index (χ0v) is 20.2. The van der Waals surface area contributed by atoms with Crippen molar-refractivity contribution in [2.24, 2.45) is 5.92 Å². The van der Waals surface area contributed by atoms with Crippen LogP contribution in [-0.4, -0.2) is 57.1 Å². The number of nitrogens with zero attached hydrogens (tertiary/aromatic N) is 2. The predicted molar refractivity (Wildman–Crippen MR) is 134 cm³/mol. The van der Waals surface area contributed by atoms with Crippen LogP contribution in [0.5, 0.6) is 11.5 Å². The molecule has 1 saturated heterocycles. The topological polar surface area (TPSA) is 71.1 Å². The van der Waals surface area contributed by atoms with Crippen LogP contribution in [0.2, 0.25) is 0 Å². The van der Waals surface area contributed by atoms with Gasteiger partial charge in [0.2, 0.25) is 5.91 Å². The van der Waals surface area contributed by atoms with Crippen LogP contribution in [0.15, 0.2) is 42.5 Å². The summed E-state index contributed by atoms with van der Waals surface area (Å²) >= 11 is 0. The van der Waals surface area contributed by atoms with Gasteiger partial charge in [-0.15, -0.1) is 0 Å². The molecular formula is C27H35N3O4. The van der Waals surface area contributed by atoms with E-state index in [-0.39, 0.29) is 5.91 Å². The molecule has 0 aromatic heterocycles. The van der Waals surface area contributed by atoms with E-state index in [0.29, 0.717) is 29.4 Å². The maximum absolute atomic E-state index is 12.7. The van der Waals surface area contributed by atoms with Crippen molar-refractivity contribution in [1.82, 2.24) is 4.90 Å². The van der Waals surface area contributed by atoms with Gasteiger partial charge in [-0.1, -0.05) is 25.7 Å². The van der Waals surface area contributed by atoms with Crippen LogP contribution in [0.4, 0.5) is 11.4 Å². The Morgan fingerprint density at radius 3 is 2.12 bits per heavy atom. The molecule has 182 valence electrons. The van der Waals surface area contributed by atoms with E-state index in [9.17, 15) is 9.59 Å². The molecule has 1 saturated carbocycles. The monoisotopic (exact) mass is 465 g/mol. The van der Waals surface area contributed by atoms with E-state index in [1.807, 2.05) is 29.2 Å². The summed E-state index contributed by atoms with van der Waals surface area (Å²) < 4.78 is 10.5. The second-order valence-corrected chi connectivity index (χ2v) is 9.16. The minimum absolute atomic E-state index is 0.227. The number of carbonyl (C=O) groups excluding carboxylic acids is 2. The Bertz CT molecular complexity index is 956. The van der Waals surface area contributed by atoms with Crippen LogP contribution in [0, 0.1) is 5.92 Å². The Morgan fingerprint density at radius 2 is 1.53 bits per heavy atom. The predicted octanol–water partition coefficient (Wildman–Crippen LogP) is 4.58. The SMILES string of the molecule is COc1cc(OC)cc(C(=O)Nc2ccc(N3CCN(C(=O)CCC4CCCC4)CC3)cc2)c1. The van der Waals surface area contributed by atoms with Gasteiger partial charge in [0, 0.05) is 55.6 Å². The Labute approximate surface area is 202 Å². The standard InChI is InChI=1S/C27H35N3O4/c1-33-24-17-21(18-25(19-24)34-2)27(32)28-22-8-10-23(11-9-22)29-13-15-30(16-14-29)26(31)12-7-20-5-3-4-6-20/h8-11,17-20H,3-7,12-16H2,1-2H3,(H,28,32). The van der Waals surface area contributed by atoms with Crippen molar-refractivity contribution in [3.63, 3.8) is 0 Å². The summed E-state index contributed by atoms with van der Waals surface area (Å²) in [6.07, 6.45) is 7.00. The highest BCUT2D eigenvalue weighted by Crippen LogP contribution is 2.29. The van der Waals surface area contributed by atoms with Crippen molar-refractivity contribution in [3.8, 4) is 11.5 Å². The molecule has 1 heterocycles. The van der Waals surface area contributed by atoms with Gasteiger partial charge in [-0.25, -0.2) is 0 Å². The van der Waals surface area contributed by atoms with E-state index >= 15 is 0 Å². The first-order valence-electron chi connectivity index (χ1n) is 12.2. The number of amides is 2. The molecule has 1 N–H and O–H groups in total.